The highest BCUT2D eigenvalue weighted by Gasteiger charge is 2.27. The smallest absolute Gasteiger partial charge is 0.236 e. The van der Waals surface area contributed by atoms with Crippen LogP contribution in [0.15, 0.2) is 224 Å². The van der Waals surface area contributed by atoms with Gasteiger partial charge >= 0.3 is 0 Å². The Bertz CT molecular complexity index is 4820. The van der Waals surface area contributed by atoms with Crippen molar-refractivity contribution in [1.82, 2.24) is 23.7 Å². The van der Waals surface area contributed by atoms with Gasteiger partial charge in [-0.25, -0.2) is 9.97 Å². The number of nitrogens with zero attached hydrogens (tertiary/aromatic N) is 5. The molecule has 0 aliphatic heterocycles. The van der Waals surface area contributed by atoms with Crippen LogP contribution in [0.25, 0.3) is 147 Å². The quantitative estimate of drug-likeness (QED) is 0.161. The summed E-state index contributed by atoms with van der Waals surface area (Å²) in [6.07, 6.45) is 0. The molecule has 0 saturated heterocycles. The van der Waals surface area contributed by atoms with E-state index in [0.717, 1.165) is 55.0 Å². The highest BCUT2D eigenvalue weighted by Crippen LogP contribution is 2.49. The monoisotopic (exact) mass is 907 g/mol. The van der Waals surface area contributed by atoms with Crippen molar-refractivity contribution in [2.75, 3.05) is 0 Å². The van der Waals surface area contributed by atoms with E-state index in [4.69, 9.17) is 9.97 Å². The lowest BCUT2D eigenvalue weighted by atomic mass is 9.95. The van der Waals surface area contributed by atoms with Crippen LogP contribution in [0.4, 0.5) is 0 Å². The Hall–Kier alpha value is -9.10. The highest BCUT2D eigenvalue weighted by atomic mass is 32.1. The van der Waals surface area contributed by atoms with Crippen LogP contribution in [0.3, 0.4) is 0 Å². The van der Waals surface area contributed by atoms with Crippen molar-refractivity contribution in [2.24, 2.45) is 0 Å². The van der Waals surface area contributed by atoms with E-state index in [1.54, 1.807) is 11.3 Å². The number of hydrogen-bond acceptors (Lipinski definition) is 3. The first-order valence-electron chi connectivity index (χ1n) is 23.8. The third-order valence-electron chi connectivity index (χ3n) is 14.8. The minimum absolute atomic E-state index is 0.652. The molecule has 5 heterocycles. The Kier molecular flexibility index (Phi) is 7.70. The maximum atomic E-state index is 5.73. The predicted molar refractivity (Wildman–Crippen MR) is 295 cm³/mol. The molecule has 0 aliphatic rings. The maximum absolute atomic E-state index is 5.73. The summed E-state index contributed by atoms with van der Waals surface area (Å²) in [6, 6.07) is 81.7. The minimum atomic E-state index is 0.652. The number of thiophene rings is 1. The van der Waals surface area contributed by atoms with Crippen LogP contribution in [0.5, 0.6) is 0 Å². The van der Waals surface area contributed by atoms with Gasteiger partial charge in [0.25, 0.3) is 0 Å². The fraction of sp³-hybridized carbons (Fsp3) is 0. The normalized spacial score (nSPS) is 12.3. The summed E-state index contributed by atoms with van der Waals surface area (Å²) in [6.45, 7) is 0. The lowest BCUT2D eigenvalue weighted by Gasteiger charge is -2.13. The lowest BCUT2D eigenvalue weighted by molar-refractivity contribution is 1.02. The third-order valence-corrected chi connectivity index (χ3v) is 15.9. The first kappa shape index (κ1) is 37.9. The molecule has 0 atom stereocenters. The number of benzene rings is 11. The lowest BCUT2D eigenvalue weighted by Crippen LogP contribution is -2.03. The summed E-state index contributed by atoms with van der Waals surface area (Å²) in [4.78, 5) is 12.3. The van der Waals surface area contributed by atoms with E-state index >= 15 is 0 Å². The molecule has 0 saturated carbocycles. The molecule has 0 spiro atoms. The number of rotatable bonds is 5. The second-order valence-electron chi connectivity index (χ2n) is 18.5. The molecular weight excluding hydrogens is 871 g/mol. The molecule has 70 heavy (non-hydrogen) atoms. The van der Waals surface area contributed by atoms with Gasteiger partial charge in [-0.1, -0.05) is 164 Å². The van der Waals surface area contributed by atoms with Crippen LogP contribution in [-0.2, 0) is 0 Å². The Morgan fingerprint density at radius 2 is 0.829 bits per heavy atom. The molecule has 0 amide bonds. The summed E-state index contributed by atoms with van der Waals surface area (Å²) in [7, 11) is 0. The Morgan fingerprint density at radius 3 is 1.53 bits per heavy atom. The molecule has 0 fully saturated rings. The second-order valence-corrected chi connectivity index (χ2v) is 19.5. The SMILES string of the molecule is c1ccc(-n2c3ccccc3c3c4ccc5c6c7ccccc7n(-c7nc(-c8cccc(-c9cccc%10ccccc9%10)c8)c8c(n7)sc7ccccc78)c6cc6c5c4c(cc32)n6-c2ccccc2)cc1. The molecule has 0 N–H and O–H groups in total. The van der Waals surface area contributed by atoms with Crippen LogP contribution in [0.1, 0.15) is 0 Å². The minimum Gasteiger partial charge on any atom is -0.309 e. The van der Waals surface area contributed by atoms with Crippen molar-refractivity contribution in [3.8, 4) is 39.7 Å². The van der Waals surface area contributed by atoms with Gasteiger partial charge in [0.05, 0.1) is 38.8 Å². The van der Waals surface area contributed by atoms with Crippen molar-refractivity contribution in [3.63, 3.8) is 0 Å². The highest BCUT2D eigenvalue weighted by molar-refractivity contribution is 7.25. The molecule has 16 aromatic rings. The van der Waals surface area contributed by atoms with Crippen molar-refractivity contribution in [1.29, 1.82) is 0 Å². The van der Waals surface area contributed by atoms with E-state index in [9.17, 15) is 0 Å². The van der Waals surface area contributed by atoms with Crippen LogP contribution in [0.2, 0.25) is 0 Å². The summed E-state index contributed by atoms with van der Waals surface area (Å²) < 4.78 is 8.44. The van der Waals surface area contributed by atoms with Gasteiger partial charge in [-0.2, -0.15) is 0 Å². The first-order chi connectivity index (χ1) is 34.7. The molecule has 0 aliphatic carbocycles. The Balaban J connectivity index is 1.03. The van der Waals surface area contributed by atoms with Gasteiger partial charge in [-0.05, 0) is 93.3 Å². The molecule has 6 heteroatoms. The summed E-state index contributed by atoms with van der Waals surface area (Å²) >= 11 is 1.74. The van der Waals surface area contributed by atoms with Crippen LogP contribution in [-0.4, -0.2) is 23.7 Å². The van der Waals surface area contributed by atoms with Crippen molar-refractivity contribution < 1.29 is 0 Å². The number of aromatic nitrogens is 5. The zero-order chi connectivity index (χ0) is 45.6. The molecule has 5 aromatic heterocycles. The van der Waals surface area contributed by atoms with Crippen LogP contribution in [0, 0.1) is 0 Å². The first-order valence-corrected chi connectivity index (χ1v) is 24.6. The van der Waals surface area contributed by atoms with Gasteiger partial charge in [0.2, 0.25) is 5.95 Å². The van der Waals surface area contributed by atoms with Crippen LogP contribution < -0.4 is 0 Å². The zero-order valence-corrected chi connectivity index (χ0v) is 38.3. The summed E-state index contributed by atoms with van der Waals surface area (Å²) in [5, 5.41) is 14.6. The molecule has 5 nitrogen and oxygen atoms in total. The standard InChI is InChI=1S/C64H37N5S/c1-3-21-41(22-4-1)67-50-30-12-9-26-45(50)57-48-33-34-49-58-46-27-10-13-31-51(46)69(53(58)37-55-60(49)59(48)54(36-52(57)67)68(55)42-23-5-2-6-24-42)64-65-62(61-47-28-11-14-32-56(47)70-63(61)66-64)40-20-15-19-39(35-40)44-29-16-18-38-17-7-8-25-43(38)44/h1-37H. The van der Waals surface area contributed by atoms with E-state index < -0.39 is 0 Å². The third kappa shape index (κ3) is 5.15. The average molecular weight is 908 g/mol. The molecule has 324 valence electrons. The zero-order valence-electron chi connectivity index (χ0n) is 37.5. The van der Waals surface area contributed by atoms with Gasteiger partial charge in [0.1, 0.15) is 4.83 Å². The number of hydrogen-bond donors (Lipinski definition) is 0. The Morgan fingerprint density at radius 1 is 0.314 bits per heavy atom. The van der Waals surface area contributed by atoms with Crippen molar-refractivity contribution in [3.05, 3.63) is 224 Å². The Labute approximate surface area is 404 Å². The van der Waals surface area contributed by atoms with E-state index in [2.05, 4.69) is 238 Å². The van der Waals surface area contributed by atoms with Gasteiger partial charge in [-0.15, -0.1) is 11.3 Å². The molecule has 0 unspecified atom stereocenters. The van der Waals surface area contributed by atoms with Gasteiger partial charge in [-0.3, -0.25) is 4.57 Å². The van der Waals surface area contributed by atoms with E-state index in [-0.39, 0.29) is 0 Å². The number of para-hydroxylation sites is 4. The van der Waals surface area contributed by atoms with Gasteiger partial charge in [0.15, 0.2) is 0 Å². The number of fused-ring (bicyclic) bond motifs is 12. The fourth-order valence-corrected chi connectivity index (χ4v) is 13.0. The van der Waals surface area contributed by atoms with Gasteiger partial charge < -0.3 is 9.13 Å². The van der Waals surface area contributed by atoms with E-state index in [0.29, 0.717) is 5.95 Å². The maximum Gasteiger partial charge on any atom is 0.236 e. The molecule has 11 aromatic carbocycles. The largest absolute Gasteiger partial charge is 0.309 e. The molecule has 0 bridgehead atoms. The topological polar surface area (TPSA) is 40.6 Å². The second kappa shape index (κ2) is 14.2. The average Bonchev–Trinajstić information content (AvgIpc) is 4.16. The van der Waals surface area contributed by atoms with E-state index in [1.165, 1.54) is 86.1 Å². The van der Waals surface area contributed by atoms with Crippen molar-refractivity contribution >= 4 is 119 Å². The molecule has 0 radical (unpaired) electrons. The van der Waals surface area contributed by atoms with Gasteiger partial charge in [0, 0.05) is 64.7 Å². The van der Waals surface area contributed by atoms with Crippen molar-refractivity contribution in [2.45, 2.75) is 0 Å². The fourth-order valence-electron chi connectivity index (χ4n) is 12.0. The van der Waals surface area contributed by atoms with Crippen LogP contribution >= 0.6 is 11.3 Å². The van der Waals surface area contributed by atoms with E-state index in [1.807, 2.05) is 0 Å². The predicted octanol–water partition coefficient (Wildman–Crippen LogP) is 17.2. The molecule has 16 rings (SSSR count). The molecular formula is C64H37N5S. The summed E-state index contributed by atoms with van der Waals surface area (Å²) in [5.74, 6) is 0.652. The summed E-state index contributed by atoms with van der Waals surface area (Å²) in [5.41, 5.74) is 13.4.